The molecule has 26 heavy (non-hydrogen) atoms. The lowest BCUT2D eigenvalue weighted by atomic mass is 10.0. The predicted octanol–water partition coefficient (Wildman–Crippen LogP) is 2.77. The Morgan fingerprint density at radius 3 is 2.08 bits per heavy atom. The summed E-state index contributed by atoms with van der Waals surface area (Å²) >= 11 is 1.51. The van der Waals surface area contributed by atoms with Crippen LogP contribution in [-0.2, 0) is 4.79 Å². The van der Waals surface area contributed by atoms with Gasteiger partial charge < -0.3 is 15.5 Å². The fraction of sp³-hybridized carbons (Fsp3) is 0.368. The van der Waals surface area contributed by atoms with E-state index in [1.165, 1.54) is 11.3 Å². The molecule has 3 rings (SSSR count). The zero-order valence-electron chi connectivity index (χ0n) is 15.0. The number of halogens is 1. The molecule has 1 saturated heterocycles. The van der Waals surface area contributed by atoms with Crippen molar-refractivity contribution in [3.63, 3.8) is 0 Å². The van der Waals surface area contributed by atoms with Gasteiger partial charge in [-0.05, 0) is 31.5 Å². The van der Waals surface area contributed by atoms with Crippen molar-refractivity contribution in [1.82, 2.24) is 9.80 Å². The Morgan fingerprint density at radius 2 is 1.54 bits per heavy atom. The zero-order chi connectivity index (χ0) is 18.0. The summed E-state index contributed by atoms with van der Waals surface area (Å²) in [4.78, 5) is 30.6. The summed E-state index contributed by atoms with van der Waals surface area (Å²) in [5.41, 5.74) is 8.10. The molecule has 0 saturated carbocycles. The lowest BCUT2D eigenvalue weighted by Gasteiger charge is -2.35. The summed E-state index contributed by atoms with van der Waals surface area (Å²) in [6, 6.07) is 10.9. The first kappa shape index (κ1) is 20.4. The third-order valence-corrected chi connectivity index (χ3v) is 5.52. The van der Waals surface area contributed by atoms with Crippen LogP contribution in [0.25, 0.3) is 0 Å². The molecule has 1 unspecified atom stereocenters. The van der Waals surface area contributed by atoms with Crippen molar-refractivity contribution in [1.29, 1.82) is 0 Å². The van der Waals surface area contributed by atoms with Gasteiger partial charge in [0, 0.05) is 31.1 Å². The summed E-state index contributed by atoms with van der Waals surface area (Å²) in [6.07, 6.45) is 0. The second-order valence-electron chi connectivity index (χ2n) is 6.42. The first-order valence-electron chi connectivity index (χ1n) is 8.42. The van der Waals surface area contributed by atoms with Crippen LogP contribution in [0.4, 0.5) is 0 Å². The quantitative estimate of drug-likeness (QED) is 0.871. The molecular weight excluding hydrogens is 370 g/mol. The van der Waals surface area contributed by atoms with Gasteiger partial charge in [-0.1, -0.05) is 29.8 Å². The first-order chi connectivity index (χ1) is 12.0. The van der Waals surface area contributed by atoms with Crippen molar-refractivity contribution >= 4 is 35.6 Å². The van der Waals surface area contributed by atoms with Crippen molar-refractivity contribution in [2.45, 2.75) is 19.9 Å². The van der Waals surface area contributed by atoms with Crippen LogP contribution in [0.15, 0.2) is 36.4 Å². The summed E-state index contributed by atoms with van der Waals surface area (Å²) in [7, 11) is 0. The number of carbonyl (C=O) groups is 2. The fourth-order valence-corrected chi connectivity index (χ4v) is 3.78. The summed E-state index contributed by atoms with van der Waals surface area (Å²) in [5, 5.41) is 0. The molecule has 2 amide bonds. The second kappa shape index (κ2) is 8.66. The standard InChI is InChI=1S/C19H23N3O2S.ClH/c1-13-3-6-15(7-4-13)17(20)19(24)22-11-9-21(10-12-22)18(23)16-8-5-14(2)25-16;/h3-8,17H,9-12,20H2,1-2H3;1H. The number of thiophene rings is 1. The van der Waals surface area contributed by atoms with Crippen LogP contribution in [-0.4, -0.2) is 47.8 Å². The van der Waals surface area contributed by atoms with E-state index >= 15 is 0 Å². The number of nitrogens with zero attached hydrogens (tertiary/aromatic N) is 2. The highest BCUT2D eigenvalue weighted by Gasteiger charge is 2.28. The third kappa shape index (κ3) is 4.44. The molecule has 1 atom stereocenters. The van der Waals surface area contributed by atoms with Gasteiger partial charge in [-0.15, -0.1) is 23.7 Å². The molecule has 2 N–H and O–H groups in total. The molecule has 2 heterocycles. The molecule has 140 valence electrons. The maximum absolute atomic E-state index is 12.6. The van der Waals surface area contributed by atoms with Gasteiger partial charge in [-0.2, -0.15) is 0 Å². The highest BCUT2D eigenvalue weighted by atomic mass is 35.5. The number of carbonyl (C=O) groups excluding carboxylic acids is 2. The number of piperazine rings is 1. The van der Waals surface area contributed by atoms with Crippen molar-refractivity contribution in [3.05, 3.63) is 57.3 Å². The number of benzene rings is 1. The van der Waals surface area contributed by atoms with Gasteiger partial charge in [-0.3, -0.25) is 9.59 Å². The lowest BCUT2D eigenvalue weighted by Crippen LogP contribution is -2.52. The summed E-state index contributed by atoms with van der Waals surface area (Å²) in [5.74, 6) is -0.0315. The Morgan fingerprint density at radius 1 is 0.962 bits per heavy atom. The highest BCUT2D eigenvalue weighted by molar-refractivity contribution is 7.13. The maximum atomic E-state index is 12.6. The molecule has 1 aromatic heterocycles. The van der Waals surface area contributed by atoms with Crippen molar-refractivity contribution < 1.29 is 9.59 Å². The molecular formula is C19H24ClN3O2S. The van der Waals surface area contributed by atoms with Crippen LogP contribution in [0.3, 0.4) is 0 Å². The topological polar surface area (TPSA) is 66.6 Å². The van der Waals surface area contributed by atoms with E-state index in [-0.39, 0.29) is 24.2 Å². The van der Waals surface area contributed by atoms with Gasteiger partial charge in [0.2, 0.25) is 5.91 Å². The number of nitrogens with two attached hydrogens (primary N) is 1. The summed E-state index contributed by atoms with van der Waals surface area (Å²) in [6.45, 7) is 6.13. The Bertz CT molecular complexity index is 767. The average molecular weight is 394 g/mol. The largest absolute Gasteiger partial charge is 0.337 e. The van der Waals surface area contributed by atoms with Gasteiger partial charge in [0.05, 0.1) is 4.88 Å². The molecule has 1 aliphatic rings. The van der Waals surface area contributed by atoms with E-state index in [2.05, 4.69) is 0 Å². The van der Waals surface area contributed by atoms with E-state index in [0.717, 1.165) is 20.9 Å². The number of aryl methyl sites for hydroxylation is 2. The van der Waals surface area contributed by atoms with Crippen LogP contribution < -0.4 is 5.73 Å². The number of amides is 2. The molecule has 0 bridgehead atoms. The van der Waals surface area contributed by atoms with Gasteiger partial charge in [0.15, 0.2) is 0 Å². The SMILES string of the molecule is Cc1ccc(C(N)C(=O)N2CCN(C(=O)c3ccc(C)s3)CC2)cc1.Cl. The summed E-state index contributed by atoms with van der Waals surface area (Å²) < 4.78 is 0. The number of hydrogen-bond donors (Lipinski definition) is 1. The molecule has 0 spiro atoms. The van der Waals surface area contributed by atoms with Crippen molar-refractivity contribution in [3.8, 4) is 0 Å². The van der Waals surface area contributed by atoms with Gasteiger partial charge in [0.1, 0.15) is 6.04 Å². The third-order valence-electron chi connectivity index (χ3n) is 4.53. The van der Waals surface area contributed by atoms with E-state index in [9.17, 15) is 9.59 Å². The predicted molar refractivity (Wildman–Crippen MR) is 107 cm³/mol. The number of hydrogen-bond acceptors (Lipinski definition) is 4. The minimum absolute atomic E-state index is 0. The van der Waals surface area contributed by atoms with E-state index in [0.29, 0.717) is 26.2 Å². The maximum Gasteiger partial charge on any atom is 0.264 e. The van der Waals surface area contributed by atoms with Crippen LogP contribution in [0.2, 0.25) is 0 Å². The molecule has 1 aromatic carbocycles. The van der Waals surface area contributed by atoms with E-state index in [4.69, 9.17) is 5.73 Å². The zero-order valence-corrected chi connectivity index (χ0v) is 16.6. The fourth-order valence-electron chi connectivity index (χ4n) is 2.95. The van der Waals surface area contributed by atoms with E-state index in [1.54, 1.807) is 4.90 Å². The smallest absolute Gasteiger partial charge is 0.264 e. The van der Waals surface area contributed by atoms with Crippen LogP contribution in [0.5, 0.6) is 0 Å². The highest BCUT2D eigenvalue weighted by Crippen LogP contribution is 2.19. The normalized spacial score (nSPS) is 15.3. The molecule has 0 radical (unpaired) electrons. The van der Waals surface area contributed by atoms with Gasteiger partial charge in [0.25, 0.3) is 5.91 Å². The van der Waals surface area contributed by atoms with Gasteiger partial charge >= 0.3 is 0 Å². The molecule has 5 nitrogen and oxygen atoms in total. The molecule has 0 aliphatic carbocycles. The lowest BCUT2D eigenvalue weighted by molar-refractivity contribution is -0.134. The van der Waals surface area contributed by atoms with Gasteiger partial charge in [-0.25, -0.2) is 0 Å². The van der Waals surface area contributed by atoms with E-state index < -0.39 is 6.04 Å². The Balaban J connectivity index is 0.00000243. The Labute approximate surface area is 164 Å². The minimum Gasteiger partial charge on any atom is -0.337 e. The molecule has 1 aliphatic heterocycles. The monoisotopic (exact) mass is 393 g/mol. The van der Waals surface area contributed by atoms with Crippen LogP contribution in [0, 0.1) is 13.8 Å². The van der Waals surface area contributed by atoms with Crippen molar-refractivity contribution in [2.24, 2.45) is 5.73 Å². The minimum atomic E-state index is -0.650. The molecule has 1 fully saturated rings. The van der Waals surface area contributed by atoms with Crippen LogP contribution >= 0.6 is 23.7 Å². The Hall–Kier alpha value is -1.89. The Kier molecular flexibility index (Phi) is 6.81. The van der Waals surface area contributed by atoms with Crippen LogP contribution in [0.1, 0.15) is 31.7 Å². The average Bonchev–Trinajstić information content (AvgIpc) is 3.07. The van der Waals surface area contributed by atoms with E-state index in [1.807, 2.05) is 55.1 Å². The second-order valence-corrected chi connectivity index (χ2v) is 7.70. The molecule has 2 aromatic rings. The van der Waals surface area contributed by atoms with Crippen molar-refractivity contribution in [2.75, 3.05) is 26.2 Å². The number of rotatable bonds is 3. The molecule has 7 heteroatoms. The first-order valence-corrected chi connectivity index (χ1v) is 9.24.